The molecule has 0 radical (unpaired) electrons. The number of hydrogen-bond donors (Lipinski definition) is 3. The molecule has 0 aliphatic rings. The summed E-state index contributed by atoms with van der Waals surface area (Å²) in [6, 6.07) is 9.15. The Balaban J connectivity index is 2.18. The van der Waals surface area contributed by atoms with E-state index in [1.165, 1.54) is 6.33 Å². The van der Waals surface area contributed by atoms with Crippen molar-refractivity contribution in [3.05, 3.63) is 52.9 Å². The first-order valence-electron chi connectivity index (χ1n) is 7.29. The second kappa shape index (κ2) is 6.33. The largest absolute Gasteiger partial charge is 0.373 e. The van der Waals surface area contributed by atoms with Crippen molar-refractivity contribution in [2.24, 2.45) is 5.73 Å². The van der Waals surface area contributed by atoms with Crippen molar-refractivity contribution in [1.29, 1.82) is 0 Å². The number of nitrogens with zero attached hydrogens (tertiary/aromatic N) is 2. The van der Waals surface area contributed by atoms with Crippen molar-refractivity contribution < 1.29 is 4.79 Å². The molecular weight excluding hydrogens is 326 g/mol. The number of anilines is 1. The van der Waals surface area contributed by atoms with E-state index in [4.69, 9.17) is 17.3 Å². The van der Waals surface area contributed by atoms with E-state index in [1.54, 1.807) is 13.1 Å². The van der Waals surface area contributed by atoms with Crippen molar-refractivity contribution in [3.63, 3.8) is 0 Å². The number of aryl methyl sites for hydroxylation is 1. The van der Waals surface area contributed by atoms with Gasteiger partial charge in [0, 0.05) is 23.7 Å². The highest BCUT2D eigenvalue weighted by Gasteiger charge is 2.18. The van der Waals surface area contributed by atoms with Gasteiger partial charge < -0.3 is 16.0 Å². The number of halogens is 1. The SMILES string of the molecule is CNc1cc(-c2cc(-c3cc(Cl)ccc3C)c(C(N)=O)[nH]2)ncn1. The predicted octanol–water partition coefficient (Wildman–Crippen LogP) is 3.24. The van der Waals surface area contributed by atoms with Crippen molar-refractivity contribution in [2.45, 2.75) is 6.92 Å². The summed E-state index contributed by atoms with van der Waals surface area (Å²) in [7, 11) is 1.77. The maximum Gasteiger partial charge on any atom is 0.265 e. The molecule has 0 saturated heterocycles. The molecule has 0 unspecified atom stereocenters. The van der Waals surface area contributed by atoms with Gasteiger partial charge in [-0.1, -0.05) is 17.7 Å². The van der Waals surface area contributed by atoms with Crippen LogP contribution in [-0.2, 0) is 0 Å². The molecule has 0 aliphatic carbocycles. The van der Waals surface area contributed by atoms with Gasteiger partial charge in [0.2, 0.25) is 0 Å². The average molecular weight is 342 g/mol. The molecular formula is C17H16ClN5O. The third kappa shape index (κ3) is 2.96. The van der Waals surface area contributed by atoms with Gasteiger partial charge in [-0.25, -0.2) is 9.97 Å². The van der Waals surface area contributed by atoms with E-state index in [9.17, 15) is 4.79 Å². The van der Waals surface area contributed by atoms with Gasteiger partial charge in [-0.15, -0.1) is 0 Å². The van der Waals surface area contributed by atoms with Crippen LogP contribution in [0.15, 0.2) is 36.7 Å². The minimum atomic E-state index is -0.543. The molecule has 3 aromatic rings. The van der Waals surface area contributed by atoms with Gasteiger partial charge in [-0.05, 0) is 36.2 Å². The van der Waals surface area contributed by atoms with Crippen molar-refractivity contribution in [3.8, 4) is 22.5 Å². The molecule has 6 nitrogen and oxygen atoms in total. The zero-order chi connectivity index (χ0) is 17.3. The van der Waals surface area contributed by atoms with Crippen LogP contribution in [0.4, 0.5) is 5.82 Å². The highest BCUT2D eigenvalue weighted by molar-refractivity contribution is 6.31. The van der Waals surface area contributed by atoms with Crippen LogP contribution in [0.5, 0.6) is 0 Å². The smallest absolute Gasteiger partial charge is 0.265 e. The lowest BCUT2D eigenvalue weighted by atomic mass is 10.00. The van der Waals surface area contributed by atoms with E-state index < -0.39 is 5.91 Å². The first kappa shape index (κ1) is 16.0. The third-order valence-corrected chi connectivity index (χ3v) is 3.99. The number of aromatic amines is 1. The minimum Gasteiger partial charge on any atom is -0.373 e. The van der Waals surface area contributed by atoms with Crippen molar-refractivity contribution in [2.75, 3.05) is 12.4 Å². The summed E-state index contributed by atoms with van der Waals surface area (Å²) in [6.45, 7) is 1.95. The standard InChI is InChI=1S/C17H16ClN5O/c1-9-3-4-10(18)5-11(9)12-6-14(23-16(12)17(19)24)13-7-15(20-2)22-8-21-13/h3-8,23H,1-2H3,(H2,19,24)(H,20,21,22). The van der Waals surface area contributed by atoms with Gasteiger partial charge in [-0.3, -0.25) is 4.79 Å². The number of rotatable bonds is 4. The molecule has 0 saturated carbocycles. The molecule has 0 fully saturated rings. The fourth-order valence-electron chi connectivity index (χ4n) is 2.53. The molecule has 2 heterocycles. The normalized spacial score (nSPS) is 10.6. The lowest BCUT2D eigenvalue weighted by molar-refractivity contribution is 0.0997. The number of nitrogens with two attached hydrogens (primary N) is 1. The van der Waals surface area contributed by atoms with E-state index in [2.05, 4.69) is 20.3 Å². The predicted molar refractivity (Wildman–Crippen MR) is 95.1 cm³/mol. The molecule has 0 atom stereocenters. The third-order valence-electron chi connectivity index (χ3n) is 3.75. The fraction of sp³-hybridized carbons (Fsp3) is 0.118. The zero-order valence-corrected chi connectivity index (χ0v) is 14.0. The van der Waals surface area contributed by atoms with Crippen LogP contribution in [-0.4, -0.2) is 27.9 Å². The molecule has 24 heavy (non-hydrogen) atoms. The molecule has 1 aromatic carbocycles. The fourth-order valence-corrected chi connectivity index (χ4v) is 2.70. The van der Waals surface area contributed by atoms with E-state index in [1.807, 2.05) is 31.2 Å². The highest BCUT2D eigenvalue weighted by atomic mass is 35.5. The lowest BCUT2D eigenvalue weighted by Crippen LogP contribution is -2.12. The second-order valence-electron chi connectivity index (χ2n) is 5.33. The van der Waals surface area contributed by atoms with Gasteiger partial charge in [0.1, 0.15) is 17.8 Å². The molecule has 2 aromatic heterocycles. The first-order valence-corrected chi connectivity index (χ1v) is 7.67. The molecule has 0 spiro atoms. The number of nitrogens with one attached hydrogen (secondary N) is 2. The molecule has 4 N–H and O–H groups in total. The molecule has 122 valence electrons. The molecule has 7 heteroatoms. The Hall–Kier alpha value is -2.86. The maximum atomic E-state index is 11.9. The summed E-state index contributed by atoms with van der Waals surface area (Å²) < 4.78 is 0. The zero-order valence-electron chi connectivity index (χ0n) is 13.2. The van der Waals surface area contributed by atoms with E-state index >= 15 is 0 Å². The quantitative estimate of drug-likeness (QED) is 0.678. The van der Waals surface area contributed by atoms with Crippen molar-refractivity contribution >= 4 is 23.3 Å². The Morgan fingerprint density at radius 1 is 1.21 bits per heavy atom. The van der Waals surface area contributed by atoms with Crippen LogP contribution in [0, 0.1) is 6.92 Å². The van der Waals surface area contributed by atoms with Crippen LogP contribution in [0.1, 0.15) is 16.1 Å². The maximum absolute atomic E-state index is 11.9. The van der Waals surface area contributed by atoms with Gasteiger partial charge in [0.25, 0.3) is 5.91 Å². The average Bonchev–Trinajstić information content (AvgIpc) is 3.02. The Morgan fingerprint density at radius 2 is 2.00 bits per heavy atom. The van der Waals surface area contributed by atoms with Crippen LogP contribution >= 0.6 is 11.6 Å². The Kier molecular flexibility index (Phi) is 4.22. The molecule has 3 rings (SSSR count). The summed E-state index contributed by atoms with van der Waals surface area (Å²) in [5.41, 5.74) is 9.73. The minimum absolute atomic E-state index is 0.319. The first-order chi connectivity index (χ1) is 11.5. The number of primary amides is 1. The number of carbonyl (C=O) groups excluding carboxylic acids is 1. The summed E-state index contributed by atoms with van der Waals surface area (Å²) in [6.07, 6.45) is 1.45. The van der Waals surface area contributed by atoms with Crippen molar-refractivity contribution in [1.82, 2.24) is 15.0 Å². The van der Waals surface area contributed by atoms with Gasteiger partial charge in [0.05, 0.1) is 11.4 Å². The Labute approximate surface area is 144 Å². The Bertz CT molecular complexity index is 919. The molecule has 1 amide bonds. The number of benzene rings is 1. The number of amides is 1. The number of hydrogen-bond acceptors (Lipinski definition) is 4. The van der Waals surface area contributed by atoms with E-state index in [0.29, 0.717) is 33.5 Å². The monoisotopic (exact) mass is 341 g/mol. The topological polar surface area (TPSA) is 96.7 Å². The molecule has 0 bridgehead atoms. The van der Waals surface area contributed by atoms with Crippen LogP contribution < -0.4 is 11.1 Å². The number of carbonyl (C=O) groups is 1. The van der Waals surface area contributed by atoms with E-state index in [0.717, 1.165) is 11.1 Å². The Morgan fingerprint density at radius 3 is 2.71 bits per heavy atom. The van der Waals surface area contributed by atoms with Crippen LogP contribution in [0.2, 0.25) is 5.02 Å². The van der Waals surface area contributed by atoms with Gasteiger partial charge in [-0.2, -0.15) is 0 Å². The van der Waals surface area contributed by atoms with E-state index in [-0.39, 0.29) is 0 Å². The lowest BCUT2D eigenvalue weighted by Gasteiger charge is -2.06. The van der Waals surface area contributed by atoms with Gasteiger partial charge in [0.15, 0.2) is 0 Å². The second-order valence-corrected chi connectivity index (χ2v) is 5.77. The number of aromatic nitrogens is 3. The number of H-pyrrole nitrogens is 1. The van der Waals surface area contributed by atoms with Gasteiger partial charge >= 0.3 is 0 Å². The molecule has 0 aliphatic heterocycles. The summed E-state index contributed by atoms with van der Waals surface area (Å²) >= 11 is 6.11. The van der Waals surface area contributed by atoms with Crippen LogP contribution in [0.25, 0.3) is 22.5 Å². The summed E-state index contributed by atoms with van der Waals surface area (Å²) in [5.74, 6) is 0.134. The van der Waals surface area contributed by atoms with Crippen LogP contribution in [0.3, 0.4) is 0 Å². The summed E-state index contributed by atoms with van der Waals surface area (Å²) in [4.78, 5) is 23.3. The summed E-state index contributed by atoms with van der Waals surface area (Å²) in [5, 5.41) is 3.55. The highest BCUT2D eigenvalue weighted by Crippen LogP contribution is 2.33.